The zero-order valence-corrected chi connectivity index (χ0v) is 18.9. The van der Waals surface area contributed by atoms with Gasteiger partial charge in [-0.2, -0.15) is 0 Å². The molecule has 1 unspecified atom stereocenters. The monoisotopic (exact) mass is 448 g/mol. The molecule has 2 aromatic rings. The number of likely N-dealkylation sites (tertiary alicyclic amines) is 1. The summed E-state index contributed by atoms with van der Waals surface area (Å²) in [6.07, 6.45) is 7.00. The molecular formula is C26H32N4O3. The molecule has 0 radical (unpaired) electrons. The van der Waals surface area contributed by atoms with Crippen LogP contribution in [0.15, 0.2) is 48.5 Å². The quantitative estimate of drug-likeness (QED) is 0.597. The summed E-state index contributed by atoms with van der Waals surface area (Å²) in [5, 5.41) is 5.91. The van der Waals surface area contributed by atoms with Crippen LogP contribution in [0.4, 0.5) is 11.4 Å². The molecule has 1 aliphatic heterocycles. The van der Waals surface area contributed by atoms with Crippen molar-refractivity contribution in [3.8, 4) is 0 Å². The standard InChI is InChI=1S/C26H32N4O3/c27-24(31)23-13-6-14-30(23)17-18-7-4-11-21(15-18)28-26(33)20-10-5-12-22(16-20)29-25(32)19-8-2-1-3-9-19/h4-5,7,10-12,15-16,19,23H,1-3,6,8-9,13-14,17H2,(H2,27,31)(H,28,33)(H,29,32). The summed E-state index contributed by atoms with van der Waals surface area (Å²) in [4.78, 5) is 39.1. The molecule has 4 rings (SSSR count). The molecule has 33 heavy (non-hydrogen) atoms. The van der Waals surface area contributed by atoms with Crippen molar-refractivity contribution in [1.29, 1.82) is 0 Å². The lowest BCUT2D eigenvalue weighted by Gasteiger charge is -2.22. The number of benzene rings is 2. The van der Waals surface area contributed by atoms with Gasteiger partial charge in [0.1, 0.15) is 0 Å². The lowest BCUT2D eigenvalue weighted by molar-refractivity contribution is -0.122. The Balaban J connectivity index is 1.38. The molecule has 7 nitrogen and oxygen atoms in total. The first kappa shape index (κ1) is 23.0. The maximum Gasteiger partial charge on any atom is 0.255 e. The zero-order chi connectivity index (χ0) is 23.2. The molecule has 0 aromatic heterocycles. The van der Waals surface area contributed by atoms with Crippen LogP contribution < -0.4 is 16.4 Å². The van der Waals surface area contributed by atoms with Crippen LogP contribution in [-0.4, -0.2) is 35.2 Å². The highest BCUT2D eigenvalue weighted by atomic mass is 16.2. The third-order valence-corrected chi connectivity index (χ3v) is 6.63. The number of carbonyl (C=O) groups is 3. The summed E-state index contributed by atoms with van der Waals surface area (Å²) in [6.45, 7) is 1.45. The fourth-order valence-corrected chi connectivity index (χ4v) is 4.87. The summed E-state index contributed by atoms with van der Waals surface area (Å²) >= 11 is 0. The number of nitrogens with two attached hydrogens (primary N) is 1. The summed E-state index contributed by atoms with van der Waals surface area (Å²) < 4.78 is 0. The van der Waals surface area contributed by atoms with E-state index in [0.717, 1.165) is 50.6 Å². The van der Waals surface area contributed by atoms with E-state index in [1.165, 1.54) is 6.42 Å². The average Bonchev–Trinajstić information content (AvgIpc) is 3.28. The maximum absolute atomic E-state index is 12.9. The van der Waals surface area contributed by atoms with E-state index in [-0.39, 0.29) is 29.7 Å². The Bertz CT molecular complexity index is 1020. The van der Waals surface area contributed by atoms with E-state index in [1.54, 1.807) is 18.2 Å². The van der Waals surface area contributed by atoms with Crippen LogP contribution in [0.2, 0.25) is 0 Å². The number of hydrogen-bond acceptors (Lipinski definition) is 4. The summed E-state index contributed by atoms with van der Waals surface area (Å²) in [5.41, 5.74) is 8.33. The van der Waals surface area contributed by atoms with E-state index in [4.69, 9.17) is 5.73 Å². The molecule has 2 aromatic carbocycles. The Labute approximate surface area is 194 Å². The molecule has 0 spiro atoms. The van der Waals surface area contributed by atoms with Crippen molar-refractivity contribution in [1.82, 2.24) is 4.90 Å². The molecule has 2 fully saturated rings. The molecule has 3 amide bonds. The summed E-state index contributed by atoms with van der Waals surface area (Å²) in [7, 11) is 0. The predicted octanol–water partition coefficient (Wildman–Crippen LogP) is 3.91. The summed E-state index contributed by atoms with van der Waals surface area (Å²) in [6, 6.07) is 14.4. The van der Waals surface area contributed by atoms with E-state index in [0.29, 0.717) is 23.5 Å². The molecule has 2 aliphatic rings. The van der Waals surface area contributed by atoms with Crippen LogP contribution in [0.3, 0.4) is 0 Å². The van der Waals surface area contributed by atoms with E-state index in [2.05, 4.69) is 15.5 Å². The SMILES string of the molecule is NC(=O)C1CCCN1Cc1cccc(NC(=O)c2cccc(NC(=O)C3CCCCC3)c2)c1. The Morgan fingerprint density at radius 3 is 2.36 bits per heavy atom. The highest BCUT2D eigenvalue weighted by Gasteiger charge is 2.28. The lowest BCUT2D eigenvalue weighted by Crippen LogP contribution is -2.39. The van der Waals surface area contributed by atoms with Gasteiger partial charge in [0.05, 0.1) is 6.04 Å². The predicted molar refractivity (Wildman–Crippen MR) is 129 cm³/mol. The van der Waals surface area contributed by atoms with Crippen LogP contribution in [0.1, 0.15) is 60.9 Å². The van der Waals surface area contributed by atoms with Gasteiger partial charge in [-0.25, -0.2) is 0 Å². The van der Waals surface area contributed by atoms with Gasteiger partial charge in [-0.15, -0.1) is 0 Å². The average molecular weight is 449 g/mol. The van der Waals surface area contributed by atoms with E-state index in [9.17, 15) is 14.4 Å². The minimum absolute atomic E-state index is 0.0381. The minimum Gasteiger partial charge on any atom is -0.368 e. The minimum atomic E-state index is -0.285. The van der Waals surface area contributed by atoms with Gasteiger partial charge >= 0.3 is 0 Å². The third-order valence-electron chi connectivity index (χ3n) is 6.63. The van der Waals surface area contributed by atoms with Gasteiger partial charge in [0.25, 0.3) is 5.91 Å². The first-order chi connectivity index (χ1) is 16.0. The molecule has 0 bridgehead atoms. The molecule has 7 heteroatoms. The van der Waals surface area contributed by atoms with Gasteiger partial charge in [-0.1, -0.05) is 37.5 Å². The number of nitrogens with one attached hydrogen (secondary N) is 2. The number of primary amides is 1. The molecule has 1 heterocycles. The second-order valence-corrected chi connectivity index (χ2v) is 9.09. The number of hydrogen-bond donors (Lipinski definition) is 3. The largest absolute Gasteiger partial charge is 0.368 e. The smallest absolute Gasteiger partial charge is 0.255 e. The van der Waals surface area contributed by atoms with Crippen molar-refractivity contribution in [2.24, 2.45) is 11.7 Å². The molecule has 4 N–H and O–H groups in total. The molecular weight excluding hydrogens is 416 g/mol. The van der Waals surface area contributed by atoms with Gasteiger partial charge in [-0.3, -0.25) is 19.3 Å². The zero-order valence-electron chi connectivity index (χ0n) is 18.9. The first-order valence-corrected chi connectivity index (χ1v) is 11.8. The highest BCUT2D eigenvalue weighted by molar-refractivity contribution is 6.05. The van der Waals surface area contributed by atoms with Gasteiger partial charge < -0.3 is 16.4 Å². The number of nitrogens with zero attached hydrogens (tertiary/aromatic N) is 1. The van der Waals surface area contributed by atoms with E-state index < -0.39 is 0 Å². The van der Waals surface area contributed by atoms with Crippen LogP contribution in [0.5, 0.6) is 0 Å². The second-order valence-electron chi connectivity index (χ2n) is 9.09. The van der Waals surface area contributed by atoms with Crippen molar-refractivity contribution >= 4 is 29.1 Å². The molecule has 174 valence electrons. The third kappa shape index (κ3) is 5.99. The van der Waals surface area contributed by atoms with Crippen molar-refractivity contribution in [3.63, 3.8) is 0 Å². The number of anilines is 2. The Hall–Kier alpha value is -3.19. The maximum atomic E-state index is 12.9. The Morgan fingerprint density at radius 2 is 1.61 bits per heavy atom. The van der Waals surface area contributed by atoms with E-state index >= 15 is 0 Å². The van der Waals surface area contributed by atoms with Gasteiger partial charge in [0, 0.05) is 29.4 Å². The Kier molecular flexibility index (Phi) is 7.40. The molecule has 1 saturated heterocycles. The number of amides is 3. The summed E-state index contributed by atoms with van der Waals surface area (Å²) in [5.74, 6) is -0.426. The normalized spacial score (nSPS) is 19.2. The van der Waals surface area contributed by atoms with Gasteiger partial charge in [0.2, 0.25) is 11.8 Å². The lowest BCUT2D eigenvalue weighted by atomic mass is 9.88. The molecule has 1 aliphatic carbocycles. The van der Waals surface area contributed by atoms with Crippen molar-refractivity contribution in [2.75, 3.05) is 17.2 Å². The van der Waals surface area contributed by atoms with Crippen molar-refractivity contribution < 1.29 is 14.4 Å². The topological polar surface area (TPSA) is 105 Å². The highest BCUT2D eigenvalue weighted by Crippen LogP contribution is 2.25. The second kappa shape index (κ2) is 10.6. The Morgan fingerprint density at radius 1 is 0.879 bits per heavy atom. The van der Waals surface area contributed by atoms with Crippen LogP contribution >= 0.6 is 0 Å². The van der Waals surface area contributed by atoms with Crippen LogP contribution in [0, 0.1) is 5.92 Å². The fourth-order valence-electron chi connectivity index (χ4n) is 4.87. The number of carbonyl (C=O) groups excluding carboxylic acids is 3. The van der Waals surface area contributed by atoms with E-state index in [1.807, 2.05) is 30.3 Å². The van der Waals surface area contributed by atoms with Crippen LogP contribution in [0.25, 0.3) is 0 Å². The molecule has 1 atom stereocenters. The number of rotatable bonds is 7. The van der Waals surface area contributed by atoms with Crippen molar-refractivity contribution in [3.05, 3.63) is 59.7 Å². The molecule has 1 saturated carbocycles. The van der Waals surface area contributed by atoms with Gasteiger partial charge in [0.15, 0.2) is 0 Å². The fraction of sp³-hybridized carbons (Fsp3) is 0.423. The van der Waals surface area contributed by atoms with Gasteiger partial charge in [-0.05, 0) is 68.1 Å². The first-order valence-electron chi connectivity index (χ1n) is 11.8. The van der Waals surface area contributed by atoms with Crippen LogP contribution in [-0.2, 0) is 16.1 Å². The van der Waals surface area contributed by atoms with Crippen molar-refractivity contribution in [2.45, 2.75) is 57.5 Å².